The number of rotatable bonds is 3. The molecule has 0 aliphatic rings. The van der Waals surface area contributed by atoms with E-state index in [2.05, 4.69) is 21.0 Å². The van der Waals surface area contributed by atoms with E-state index in [0.717, 1.165) is 27.6 Å². The van der Waals surface area contributed by atoms with E-state index in [9.17, 15) is 9.59 Å². The minimum atomic E-state index is -0.490. The van der Waals surface area contributed by atoms with Gasteiger partial charge in [0.1, 0.15) is 18.1 Å². The fraction of sp³-hybridized carbons (Fsp3) is 0.190. The number of H-pyrrole nitrogens is 2. The van der Waals surface area contributed by atoms with Gasteiger partial charge in [0.05, 0.1) is 10.9 Å². The van der Waals surface area contributed by atoms with E-state index >= 15 is 0 Å². The number of fused-ring (bicyclic) bond motifs is 2. The Morgan fingerprint density at radius 2 is 1.85 bits per heavy atom. The molecule has 27 heavy (non-hydrogen) atoms. The highest BCUT2D eigenvalue weighted by Crippen LogP contribution is 2.22. The van der Waals surface area contributed by atoms with Crippen molar-refractivity contribution in [3.63, 3.8) is 0 Å². The average Bonchev–Trinajstić information content (AvgIpc) is 3.05. The topological polar surface area (TPSA) is 87.8 Å². The number of hydrogen-bond acceptors (Lipinski definition) is 4. The van der Waals surface area contributed by atoms with Crippen molar-refractivity contribution in [1.82, 2.24) is 15.0 Å². The summed E-state index contributed by atoms with van der Waals surface area (Å²) >= 11 is 0. The first-order valence-corrected chi connectivity index (χ1v) is 8.68. The zero-order valence-electron chi connectivity index (χ0n) is 15.3. The van der Waals surface area contributed by atoms with Crippen molar-refractivity contribution in [1.29, 1.82) is 0 Å². The second-order valence-electron chi connectivity index (χ2n) is 6.79. The molecule has 0 unspecified atom stereocenters. The standard InChI is InChI=1S/C21H19N3O3/c1-11-7-13(3)15-9-17(22-16(15)8-11)21(26)27-10-18-23-19-12(2)5-4-6-14(19)20(25)24-18/h4-9,22H,10H2,1-3H3,(H,23,24,25). The molecule has 0 saturated carbocycles. The van der Waals surface area contributed by atoms with E-state index in [0.29, 0.717) is 22.4 Å². The zero-order valence-corrected chi connectivity index (χ0v) is 15.3. The van der Waals surface area contributed by atoms with Crippen molar-refractivity contribution >= 4 is 27.8 Å². The molecule has 2 aromatic carbocycles. The van der Waals surface area contributed by atoms with Gasteiger partial charge in [0.15, 0.2) is 0 Å². The first-order chi connectivity index (χ1) is 12.9. The summed E-state index contributed by atoms with van der Waals surface area (Å²) in [7, 11) is 0. The predicted molar refractivity (Wildman–Crippen MR) is 104 cm³/mol. The van der Waals surface area contributed by atoms with Gasteiger partial charge in [-0.05, 0) is 55.7 Å². The quantitative estimate of drug-likeness (QED) is 0.545. The number of nitrogens with zero attached hydrogens (tertiary/aromatic N) is 1. The molecule has 136 valence electrons. The van der Waals surface area contributed by atoms with E-state index in [-0.39, 0.29) is 12.2 Å². The Labute approximate surface area is 155 Å². The number of aromatic amines is 2. The van der Waals surface area contributed by atoms with E-state index < -0.39 is 5.97 Å². The van der Waals surface area contributed by atoms with Gasteiger partial charge in [-0.1, -0.05) is 18.2 Å². The molecule has 4 rings (SSSR count). The van der Waals surface area contributed by atoms with Crippen LogP contribution in [0.1, 0.15) is 33.0 Å². The number of hydrogen-bond donors (Lipinski definition) is 2. The molecule has 6 nitrogen and oxygen atoms in total. The molecule has 0 radical (unpaired) electrons. The number of ether oxygens (including phenoxy) is 1. The molecule has 0 saturated heterocycles. The van der Waals surface area contributed by atoms with Crippen LogP contribution in [-0.4, -0.2) is 20.9 Å². The Hall–Kier alpha value is -3.41. The number of nitrogens with one attached hydrogen (secondary N) is 2. The van der Waals surface area contributed by atoms with Gasteiger partial charge in [0.2, 0.25) is 0 Å². The van der Waals surface area contributed by atoms with Crippen molar-refractivity contribution in [2.45, 2.75) is 27.4 Å². The van der Waals surface area contributed by atoms with Crippen molar-refractivity contribution in [2.24, 2.45) is 0 Å². The Balaban J connectivity index is 1.59. The third-order valence-corrected chi connectivity index (χ3v) is 4.64. The van der Waals surface area contributed by atoms with E-state index in [1.54, 1.807) is 12.1 Å². The van der Waals surface area contributed by atoms with Gasteiger partial charge in [-0.3, -0.25) is 4.79 Å². The lowest BCUT2D eigenvalue weighted by atomic mass is 10.1. The number of esters is 1. The highest BCUT2D eigenvalue weighted by Gasteiger charge is 2.14. The second-order valence-corrected chi connectivity index (χ2v) is 6.79. The van der Waals surface area contributed by atoms with E-state index in [4.69, 9.17) is 4.74 Å². The third kappa shape index (κ3) is 3.10. The first-order valence-electron chi connectivity index (χ1n) is 8.68. The highest BCUT2D eigenvalue weighted by molar-refractivity contribution is 5.96. The van der Waals surface area contributed by atoms with E-state index in [1.807, 2.05) is 39.0 Å². The smallest absolute Gasteiger partial charge is 0.355 e. The summed E-state index contributed by atoms with van der Waals surface area (Å²) in [6.45, 7) is 5.80. The summed E-state index contributed by atoms with van der Waals surface area (Å²) in [4.78, 5) is 34.8. The average molecular weight is 361 g/mol. The summed E-state index contributed by atoms with van der Waals surface area (Å²) < 4.78 is 5.35. The van der Waals surface area contributed by atoms with E-state index in [1.165, 1.54) is 0 Å². The largest absolute Gasteiger partial charge is 0.453 e. The fourth-order valence-corrected chi connectivity index (χ4v) is 3.34. The Morgan fingerprint density at radius 3 is 2.67 bits per heavy atom. The molecule has 0 bridgehead atoms. The molecule has 0 atom stereocenters. The molecule has 2 heterocycles. The van der Waals surface area contributed by atoms with Crippen molar-refractivity contribution in [3.8, 4) is 0 Å². The zero-order chi connectivity index (χ0) is 19.1. The van der Waals surface area contributed by atoms with Gasteiger partial charge in [-0.25, -0.2) is 9.78 Å². The Morgan fingerprint density at radius 1 is 1.04 bits per heavy atom. The number of aromatic nitrogens is 3. The molecule has 6 heteroatoms. The molecule has 0 fully saturated rings. The lowest BCUT2D eigenvalue weighted by Crippen LogP contribution is -2.15. The SMILES string of the molecule is Cc1cc(C)c2cc(C(=O)OCc3nc4c(C)cccc4c(=O)[nH]3)[nH]c2c1. The van der Waals surface area contributed by atoms with Gasteiger partial charge in [0, 0.05) is 10.9 Å². The monoisotopic (exact) mass is 361 g/mol. The predicted octanol–water partition coefficient (Wildman–Crippen LogP) is 3.69. The molecule has 0 aliphatic carbocycles. The molecule has 0 spiro atoms. The summed E-state index contributed by atoms with van der Waals surface area (Å²) in [5.41, 5.74) is 4.75. The maximum atomic E-state index is 12.4. The molecule has 2 aromatic heterocycles. The summed E-state index contributed by atoms with van der Waals surface area (Å²) in [6.07, 6.45) is 0. The number of para-hydroxylation sites is 1. The van der Waals surface area contributed by atoms with Crippen LogP contribution in [0, 0.1) is 20.8 Å². The molecule has 2 N–H and O–H groups in total. The van der Waals surface area contributed by atoms with Crippen LogP contribution >= 0.6 is 0 Å². The lowest BCUT2D eigenvalue weighted by Gasteiger charge is -2.06. The Kier molecular flexibility index (Phi) is 4.03. The first kappa shape index (κ1) is 17.0. The minimum Gasteiger partial charge on any atom is -0.453 e. The van der Waals surface area contributed by atoms with Crippen LogP contribution in [0.15, 0.2) is 41.2 Å². The number of carbonyl (C=O) groups is 1. The molecule has 4 aromatic rings. The molecular formula is C21H19N3O3. The molecule has 0 aliphatic heterocycles. The van der Waals surface area contributed by atoms with Crippen molar-refractivity contribution in [3.05, 3.63) is 75.0 Å². The Bertz CT molecular complexity index is 1250. The molecular weight excluding hydrogens is 342 g/mol. The van der Waals surface area contributed by atoms with Gasteiger partial charge >= 0.3 is 5.97 Å². The second kappa shape index (κ2) is 6.39. The van der Waals surface area contributed by atoms with Gasteiger partial charge in [0.25, 0.3) is 5.56 Å². The maximum Gasteiger partial charge on any atom is 0.355 e. The van der Waals surface area contributed by atoms with Crippen LogP contribution in [-0.2, 0) is 11.3 Å². The summed E-state index contributed by atoms with van der Waals surface area (Å²) in [5, 5.41) is 1.51. The maximum absolute atomic E-state index is 12.4. The number of carbonyl (C=O) groups excluding carboxylic acids is 1. The highest BCUT2D eigenvalue weighted by atomic mass is 16.5. The fourth-order valence-electron chi connectivity index (χ4n) is 3.34. The van der Waals surface area contributed by atoms with Crippen molar-refractivity contribution in [2.75, 3.05) is 0 Å². The minimum absolute atomic E-state index is 0.105. The normalized spacial score (nSPS) is 11.2. The van der Waals surface area contributed by atoms with Crippen molar-refractivity contribution < 1.29 is 9.53 Å². The van der Waals surface area contributed by atoms with Crippen LogP contribution < -0.4 is 5.56 Å². The number of benzene rings is 2. The third-order valence-electron chi connectivity index (χ3n) is 4.64. The van der Waals surface area contributed by atoms with Gasteiger partial charge < -0.3 is 14.7 Å². The van der Waals surface area contributed by atoms with Crippen LogP contribution in [0.5, 0.6) is 0 Å². The van der Waals surface area contributed by atoms with Gasteiger partial charge in [-0.2, -0.15) is 0 Å². The summed E-state index contributed by atoms with van der Waals surface area (Å²) in [6, 6.07) is 11.3. The van der Waals surface area contributed by atoms with Gasteiger partial charge in [-0.15, -0.1) is 0 Å². The van der Waals surface area contributed by atoms with Crippen LogP contribution in [0.4, 0.5) is 0 Å². The van der Waals surface area contributed by atoms with Crippen LogP contribution in [0.2, 0.25) is 0 Å². The lowest BCUT2D eigenvalue weighted by molar-refractivity contribution is 0.0456. The van der Waals surface area contributed by atoms with Crippen LogP contribution in [0.3, 0.4) is 0 Å². The number of aryl methyl sites for hydroxylation is 3. The summed E-state index contributed by atoms with van der Waals surface area (Å²) in [5.74, 6) is -0.172. The molecule has 0 amide bonds. The van der Waals surface area contributed by atoms with Crippen LogP contribution in [0.25, 0.3) is 21.8 Å².